The summed E-state index contributed by atoms with van der Waals surface area (Å²) in [5, 5.41) is 18.7. The minimum absolute atomic E-state index is 0.314. The lowest BCUT2D eigenvalue weighted by atomic mass is 10.2. The van der Waals surface area contributed by atoms with Crippen molar-refractivity contribution in [2.45, 2.75) is 13.5 Å². The van der Waals surface area contributed by atoms with E-state index >= 15 is 0 Å². The summed E-state index contributed by atoms with van der Waals surface area (Å²) >= 11 is 1.33. The summed E-state index contributed by atoms with van der Waals surface area (Å²) in [6, 6.07) is 9.31. The summed E-state index contributed by atoms with van der Waals surface area (Å²) in [7, 11) is 0. The van der Waals surface area contributed by atoms with Crippen molar-refractivity contribution in [3.63, 3.8) is 0 Å². The van der Waals surface area contributed by atoms with Crippen molar-refractivity contribution in [1.82, 2.24) is 25.3 Å². The van der Waals surface area contributed by atoms with Crippen LogP contribution in [-0.2, 0) is 6.54 Å². The molecule has 1 aromatic carbocycles. The zero-order chi connectivity index (χ0) is 15.4. The first-order valence-corrected chi connectivity index (χ1v) is 7.47. The lowest BCUT2D eigenvalue weighted by Gasteiger charge is -2.10. The topological polar surface area (TPSA) is 84.7 Å². The smallest absolute Gasteiger partial charge is 0.321 e. The van der Waals surface area contributed by atoms with E-state index < -0.39 is 0 Å². The Morgan fingerprint density at radius 2 is 2.14 bits per heavy atom. The van der Waals surface area contributed by atoms with Crippen LogP contribution in [0.15, 0.2) is 42.7 Å². The van der Waals surface area contributed by atoms with Crippen molar-refractivity contribution >= 4 is 22.5 Å². The van der Waals surface area contributed by atoms with Crippen LogP contribution in [0.4, 0.5) is 9.93 Å². The van der Waals surface area contributed by atoms with Crippen LogP contribution >= 0.6 is 11.3 Å². The summed E-state index contributed by atoms with van der Waals surface area (Å²) in [6.07, 6.45) is 3.58. The van der Waals surface area contributed by atoms with Crippen LogP contribution in [0.2, 0.25) is 0 Å². The van der Waals surface area contributed by atoms with Gasteiger partial charge in [-0.15, -0.1) is 10.2 Å². The molecule has 0 bridgehead atoms. The van der Waals surface area contributed by atoms with E-state index in [2.05, 4.69) is 25.9 Å². The van der Waals surface area contributed by atoms with E-state index in [-0.39, 0.29) is 6.03 Å². The predicted octanol–water partition coefficient (Wildman–Crippen LogP) is 2.35. The maximum atomic E-state index is 11.9. The second kappa shape index (κ2) is 6.35. The lowest BCUT2D eigenvalue weighted by Crippen LogP contribution is -2.28. The molecule has 22 heavy (non-hydrogen) atoms. The molecular formula is C14H14N6OS. The van der Waals surface area contributed by atoms with Gasteiger partial charge >= 0.3 is 6.03 Å². The van der Waals surface area contributed by atoms with Crippen molar-refractivity contribution in [1.29, 1.82) is 0 Å². The number of hydrogen-bond acceptors (Lipinski definition) is 5. The number of hydrogen-bond donors (Lipinski definition) is 2. The first-order chi connectivity index (χ1) is 10.7. The van der Waals surface area contributed by atoms with Gasteiger partial charge in [-0.2, -0.15) is 5.10 Å². The molecule has 0 unspecified atom stereocenters. The molecular weight excluding hydrogens is 300 g/mol. The Morgan fingerprint density at radius 3 is 2.86 bits per heavy atom. The molecule has 2 heterocycles. The Bertz CT molecular complexity index is 767. The van der Waals surface area contributed by atoms with Crippen LogP contribution in [0.3, 0.4) is 0 Å². The van der Waals surface area contributed by atoms with Gasteiger partial charge in [0.2, 0.25) is 5.13 Å². The van der Waals surface area contributed by atoms with Gasteiger partial charge in [-0.1, -0.05) is 29.5 Å². The highest BCUT2D eigenvalue weighted by molar-refractivity contribution is 7.15. The quantitative estimate of drug-likeness (QED) is 0.774. The monoisotopic (exact) mass is 314 g/mol. The zero-order valence-electron chi connectivity index (χ0n) is 11.9. The van der Waals surface area contributed by atoms with Crippen LogP contribution in [0.5, 0.6) is 0 Å². The third-order valence-corrected chi connectivity index (χ3v) is 3.68. The fraction of sp³-hybridized carbons (Fsp3) is 0.143. The number of carbonyl (C=O) groups is 1. The summed E-state index contributed by atoms with van der Waals surface area (Å²) < 4.78 is 1.77. The number of anilines is 1. The van der Waals surface area contributed by atoms with Crippen LogP contribution in [-0.4, -0.2) is 26.0 Å². The number of nitrogens with zero attached hydrogens (tertiary/aromatic N) is 4. The molecule has 112 valence electrons. The first kappa shape index (κ1) is 14.2. The first-order valence-electron chi connectivity index (χ1n) is 6.65. The number of carbonyl (C=O) groups excluding carboxylic acids is 1. The van der Waals surface area contributed by atoms with Crippen LogP contribution in [0.25, 0.3) is 5.69 Å². The van der Waals surface area contributed by atoms with Gasteiger partial charge in [-0.3, -0.25) is 5.32 Å². The summed E-state index contributed by atoms with van der Waals surface area (Å²) in [5.74, 6) is 0. The molecule has 7 nitrogen and oxygen atoms in total. The fourth-order valence-electron chi connectivity index (χ4n) is 1.96. The summed E-state index contributed by atoms with van der Waals surface area (Å²) in [4.78, 5) is 11.9. The molecule has 0 saturated carbocycles. The molecule has 8 heteroatoms. The number of nitrogens with one attached hydrogen (secondary N) is 2. The SMILES string of the molecule is Cc1nnc(NC(=O)NCc2ccccc2-n2cccn2)s1. The highest BCUT2D eigenvalue weighted by Gasteiger charge is 2.08. The van der Waals surface area contributed by atoms with Gasteiger partial charge in [0.15, 0.2) is 0 Å². The molecule has 2 aromatic heterocycles. The second-order valence-electron chi connectivity index (χ2n) is 4.51. The minimum Gasteiger partial charge on any atom is -0.334 e. The Labute approximate surface area is 131 Å². The molecule has 0 aliphatic rings. The molecule has 0 radical (unpaired) electrons. The highest BCUT2D eigenvalue weighted by atomic mass is 32.1. The summed E-state index contributed by atoms with van der Waals surface area (Å²) in [5.41, 5.74) is 1.90. The average Bonchev–Trinajstić information content (AvgIpc) is 3.17. The van der Waals surface area contributed by atoms with E-state index in [9.17, 15) is 4.79 Å². The third kappa shape index (κ3) is 3.29. The fourth-order valence-corrected chi connectivity index (χ4v) is 2.55. The van der Waals surface area contributed by atoms with Gasteiger partial charge in [0, 0.05) is 18.9 Å². The van der Waals surface area contributed by atoms with Gasteiger partial charge in [0.1, 0.15) is 5.01 Å². The number of aryl methyl sites for hydroxylation is 1. The van der Waals surface area contributed by atoms with Crippen LogP contribution < -0.4 is 10.6 Å². The van der Waals surface area contributed by atoms with E-state index in [0.717, 1.165) is 16.3 Å². The van der Waals surface area contributed by atoms with E-state index in [1.165, 1.54) is 11.3 Å². The zero-order valence-corrected chi connectivity index (χ0v) is 12.7. The highest BCUT2D eigenvalue weighted by Crippen LogP contribution is 2.14. The van der Waals surface area contributed by atoms with E-state index in [4.69, 9.17) is 0 Å². The van der Waals surface area contributed by atoms with Crippen molar-refractivity contribution < 1.29 is 4.79 Å². The Hall–Kier alpha value is -2.74. The molecule has 0 fully saturated rings. The maximum absolute atomic E-state index is 11.9. The predicted molar refractivity (Wildman–Crippen MR) is 84.1 cm³/mol. The number of para-hydroxylation sites is 1. The van der Waals surface area contributed by atoms with E-state index in [1.54, 1.807) is 10.9 Å². The number of rotatable bonds is 4. The maximum Gasteiger partial charge on any atom is 0.321 e. The molecule has 0 aliphatic heterocycles. The van der Waals surface area contributed by atoms with Crippen molar-refractivity contribution in [2.24, 2.45) is 0 Å². The van der Waals surface area contributed by atoms with E-state index in [0.29, 0.717) is 11.7 Å². The number of aromatic nitrogens is 4. The normalized spacial score (nSPS) is 10.4. The molecule has 2 N–H and O–H groups in total. The molecule has 0 spiro atoms. The second-order valence-corrected chi connectivity index (χ2v) is 5.69. The standard InChI is InChI=1S/C14H14N6OS/c1-10-18-19-14(22-10)17-13(21)15-9-11-5-2-3-6-12(11)20-8-4-7-16-20/h2-8H,9H2,1H3,(H2,15,17,19,21). The van der Waals surface area contributed by atoms with Crippen molar-refractivity contribution in [3.8, 4) is 5.69 Å². The van der Waals surface area contributed by atoms with Crippen LogP contribution in [0, 0.1) is 6.92 Å². The molecule has 3 aromatic rings. The van der Waals surface area contributed by atoms with Crippen LogP contribution in [0.1, 0.15) is 10.6 Å². The minimum atomic E-state index is -0.314. The van der Waals surface area contributed by atoms with Gasteiger partial charge in [0.05, 0.1) is 5.69 Å². The molecule has 2 amide bonds. The van der Waals surface area contributed by atoms with Gasteiger partial charge in [-0.25, -0.2) is 9.48 Å². The summed E-state index contributed by atoms with van der Waals surface area (Å²) in [6.45, 7) is 2.22. The Morgan fingerprint density at radius 1 is 1.27 bits per heavy atom. The Balaban J connectivity index is 1.65. The third-order valence-electron chi connectivity index (χ3n) is 2.93. The number of urea groups is 1. The molecule has 0 atom stereocenters. The number of amides is 2. The van der Waals surface area contributed by atoms with Crippen molar-refractivity contribution in [3.05, 3.63) is 53.3 Å². The van der Waals surface area contributed by atoms with Gasteiger partial charge < -0.3 is 5.32 Å². The Kier molecular flexibility index (Phi) is 4.10. The van der Waals surface area contributed by atoms with E-state index in [1.807, 2.05) is 43.5 Å². The van der Waals surface area contributed by atoms with Gasteiger partial charge in [0.25, 0.3) is 0 Å². The molecule has 0 saturated heterocycles. The average molecular weight is 314 g/mol. The number of benzene rings is 1. The van der Waals surface area contributed by atoms with Gasteiger partial charge in [-0.05, 0) is 24.6 Å². The molecule has 3 rings (SSSR count). The molecule has 0 aliphatic carbocycles. The van der Waals surface area contributed by atoms with Crippen molar-refractivity contribution in [2.75, 3.05) is 5.32 Å². The lowest BCUT2D eigenvalue weighted by molar-refractivity contribution is 0.251. The largest absolute Gasteiger partial charge is 0.334 e.